The SMILES string of the molecule is Cc1ccc(-c2ccc3c(c2)c(CC(C)(C)C)cn3CCNS(=O)(=O)C2CCC2)c(C(F)(F)F)c1. The van der Waals surface area contributed by atoms with Crippen LogP contribution < -0.4 is 4.72 Å². The summed E-state index contributed by atoms with van der Waals surface area (Å²) < 4.78 is 70.9. The molecule has 0 amide bonds. The summed E-state index contributed by atoms with van der Waals surface area (Å²) in [5.74, 6) is 0. The number of nitrogens with zero attached hydrogens (tertiary/aromatic N) is 1. The fourth-order valence-corrected chi connectivity index (χ4v) is 6.25. The quantitative estimate of drug-likeness (QED) is 0.388. The van der Waals surface area contributed by atoms with Crippen molar-refractivity contribution >= 4 is 20.9 Å². The first-order valence-electron chi connectivity index (χ1n) is 12.0. The van der Waals surface area contributed by atoms with E-state index in [2.05, 4.69) is 25.5 Å². The van der Waals surface area contributed by atoms with Gasteiger partial charge in [0, 0.05) is 30.2 Å². The lowest BCUT2D eigenvalue weighted by molar-refractivity contribution is -0.137. The van der Waals surface area contributed by atoms with E-state index in [1.165, 1.54) is 12.1 Å². The highest BCUT2D eigenvalue weighted by molar-refractivity contribution is 7.90. The number of hydrogen-bond acceptors (Lipinski definition) is 2. The molecule has 0 radical (unpaired) electrons. The van der Waals surface area contributed by atoms with Crippen molar-refractivity contribution in [3.63, 3.8) is 0 Å². The second-order valence-corrected chi connectivity index (χ2v) is 12.9. The molecule has 1 N–H and O–H groups in total. The van der Waals surface area contributed by atoms with Gasteiger partial charge in [0.05, 0.1) is 10.8 Å². The highest BCUT2D eigenvalue weighted by atomic mass is 32.2. The highest BCUT2D eigenvalue weighted by Crippen LogP contribution is 2.39. The third-order valence-electron chi connectivity index (χ3n) is 6.62. The molecule has 4 nitrogen and oxygen atoms in total. The van der Waals surface area contributed by atoms with E-state index in [0.717, 1.165) is 29.3 Å². The first-order chi connectivity index (χ1) is 16.2. The first-order valence-corrected chi connectivity index (χ1v) is 13.6. The van der Waals surface area contributed by atoms with Gasteiger partial charge in [0.1, 0.15) is 0 Å². The molecule has 1 aliphatic carbocycles. The molecule has 0 saturated heterocycles. The number of rotatable bonds is 7. The van der Waals surface area contributed by atoms with Gasteiger partial charge >= 0.3 is 6.18 Å². The summed E-state index contributed by atoms with van der Waals surface area (Å²) in [6.45, 7) is 8.74. The van der Waals surface area contributed by atoms with E-state index >= 15 is 0 Å². The number of sulfonamides is 1. The minimum absolute atomic E-state index is 0.0259. The van der Waals surface area contributed by atoms with E-state index in [9.17, 15) is 21.6 Å². The van der Waals surface area contributed by atoms with E-state index in [1.807, 2.05) is 22.9 Å². The third-order valence-corrected chi connectivity index (χ3v) is 8.58. The Kier molecular flexibility index (Phi) is 6.83. The third kappa shape index (κ3) is 5.75. The fourth-order valence-electron chi connectivity index (χ4n) is 4.69. The number of aromatic nitrogens is 1. The number of halogens is 3. The van der Waals surface area contributed by atoms with Gasteiger partial charge in [0.15, 0.2) is 0 Å². The smallest absolute Gasteiger partial charge is 0.346 e. The molecule has 1 saturated carbocycles. The number of nitrogens with one attached hydrogen (secondary N) is 1. The van der Waals surface area contributed by atoms with Gasteiger partial charge in [-0.25, -0.2) is 13.1 Å². The van der Waals surface area contributed by atoms with Crippen LogP contribution in [-0.4, -0.2) is 24.8 Å². The predicted octanol–water partition coefficient (Wildman–Crippen LogP) is 6.70. The Bertz CT molecular complexity index is 1330. The Labute approximate surface area is 205 Å². The molecule has 3 aromatic rings. The maximum absolute atomic E-state index is 13.8. The zero-order chi connectivity index (χ0) is 25.6. The summed E-state index contributed by atoms with van der Waals surface area (Å²) in [5, 5.41) is 0.605. The van der Waals surface area contributed by atoms with Crippen LogP contribution >= 0.6 is 0 Å². The van der Waals surface area contributed by atoms with Crippen LogP contribution in [0.3, 0.4) is 0 Å². The van der Waals surface area contributed by atoms with Crippen molar-refractivity contribution in [1.82, 2.24) is 9.29 Å². The Morgan fingerprint density at radius 2 is 1.77 bits per heavy atom. The van der Waals surface area contributed by atoms with Crippen LogP contribution in [0.4, 0.5) is 13.2 Å². The lowest BCUT2D eigenvalue weighted by atomic mass is 9.87. The zero-order valence-corrected chi connectivity index (χ0v) is 21.5. The van der Waals surface area contributed by atoms with Crippen LogP contribution in [0.15, 0.2) is 42.6 Å². The molecule has 0 atom stereocenters. The van der Waals surface area contributed by atoms with E-state index in [-0.39, 0.29) is 22.8 Å². The summed E-state index contributed by atoms with van der Waals surface area (Å²) in [7, 11) is -3.30. The van der Waals surface area contributed by atoms with Gasteiger partial charge < -0.3 is 4.57 Å². The summed E-state index contributed by atoms with van der Waals surface area (Å²) in [4.78, 5) is 0. The molecule has 4 rings (SSSR count). The van der Waals surface area contributed by atoms with E-state index in [4.69, 9.17) is 0 Å². The maximum atomic E-state index is 13.8. The summed E-state index contributed by atoms with van der Waals surface area (Å²) in [6, 6.07) is 9.83. The minimum Gasteiger partial charge on any atom is -0.346 e. The first kappa shape index (κ1) is 25.8. The molecule has 1 aromatic heterocycles. The van der Waals surface area contributed by atoms with Gasteiger partial charge in [-0.15, -0.1) is 0 Å². The van der Waals surface area contributed by atoms with Crippen LogP contribution in [0.2, 0.25) is 0 Å². The largest absolute Gasteiger partial charge is 0.417 e. The number of fused-ring (bicyclic) bond motifs is 1. The number of alkyl halides is 3. The molecular formula is C27H33F3N2O2S. The van der Waals surface area contributed by atoms with Gasteiger partial charge in [-0.1, -0.05) is 51.0 Å². The normalized spacial score (nSPS) is 15.5. The van der Waals surface area contributed by atoms with Crippen molar-refractivity contribution in [2.45, 2.75) is 71.3 Å². The van der Waals surface area contributed by atoms with Gasteiger partial charge in [-0.05, 0) is 66.5 Å². The van der Waals surface area contributed by atoms with Crippen molar-refractivity contribution in [2.24, 2.45) is 5.41 Å². The van der Waals surface area contributed by atoms with Crippen molar-refractivity contribution in [1.29, 1.82) is 0 Å². The average Bonchev–Trinajstić information content (AvgIpc) is 3.00. The average molecular weight is 507 g/mol. The second-order valence-electron chi connectivity index (χ2n) is 10.9. The van der Waals surface area contributed by atoms with Crippen molar-refractivity contribution in [3.05, 3.63) is 59.3 Å². The van der Waals surface area contributed by atoms with Gasteiger partial charge in [0.25, 0.3) is 0 Å². The molecule has 190 valence electrons. The lowest BCUT2D eigenvalue weighted by Crippen LogP contribution is -2.39. The van der Waals surface area contributed by atoms with Crippen LogP contribution in [-0.2, 0) is 29.2 Å². The molecule has 1 aliphatic rings. The van der Waals surface area contributed by atoms with E-state index < -0.39 is 21.8 Å². The highest BCUT2D eigenvalue weighted by Gasteiger charge is 2.34. The van der Waals surface area contributed by atoms with Crippen LogP contribution in [0, 0.1) is 12.3 Å². The topological polar surface area (TPSA) is 51.1 Å². The Balaban J connectivity index is 1.71. The zero-order valence-electron chi connectivity index (χ0n) is 20.7. The molecule has 1 heterocycles. The molecule has 0 spiro atoms. The monoisotopic (exact) mass is 506 g/mol. The summed E-state index contributed by atoms with van der Waals surface area (Å²) >= 11 is 0. The molecule has 0 unspecified atom stereocenters. The van der Waals surface area contributed by atoms with Crippen LogP contribution in [0.1, 0.15) is 56.7 Å². The maximum Gasteiger partial charge on any atom is 0.417 e. The van der Waals surface area contributed by atoms with Crippen molar-refractivity contribution < 1.29 is 21.6 Å². The molecule has 0 aliphatic heterocycles. The second kappa shape index (κ2) is 9.28. The lowest BCUT2D eigenvalue weighted by Gasteiger charge is -2.25. The fraction of sp³-hybridized carbons (Fsp3) is 0.481. The standard InChI is InChI=1S/C27H33F3N2O2S/c1-18-8-10-22(24(14-18)27(28,29)30)19-9-11-25-23(15-19)20(16-26(2,3)4)17-32(25)13-12-31-35(33,34)21-6-5-7-21/h8-11,14-15,17,21,31H,5-7,12-13,16H2,1-4H3. The number of aryl methyl sites for hydroxylation is 1. The van der Waals surface area contributed by atoms with Gasteiger partial charge in [-0.3, -0.25) is 0 Å². The molecular weight excluding hydrogens is 473 g/mol. The molecule has 2 aromatic carbocycles. The Morgan fingerprint density at radius 3 is 2.37 bits per heavy atom. The van der Waals surface area contributed by atoms with E-state index in [0.29, 0.717) is 30.5 Å². The van der Waals surface area contributed by atoms with Crippen molar-refractivity contribution in [3.8, 4) is 11.1 Å². The molecule has 1 fully saturated rings. The Hall–Kier alpha value is -2.32. The number of hydrogen-bond donors (Lipinski definition) is 1. The Morgan fingerprint density at radius 1 is 1.06 bits per heavy atom. The number of benzene rings is 2. The summed E-state index contributed by atoms with van der Waals surface area (Å²) in [6.07, 6.45) is 0.667. The van der Waals surface area contributed by atoms with Crippen LogP contribution in [0.25, 0.3) is 22.0 Å². The van der Waals surface area contributed by atoms with E-state index in [1.54, 1.807) is 19.1 Å². The van der Waals surface area contributed by atoms with Crippen LogP contribution in [0.5, 0.6) is 0 Å². The van der Waals surface area contributed by atoms with Crippen molar-refractivity contribution in [2.75, 3.05) is 6.54 Å². The van der Waals surface area contributed by atoms with Gasteiger partial charge in [-0.2, -0.15) is 13.2 Å². The predicted molar refractivity (Wildman–Crippen MR) is 135 cm³/mol. The molecule has 0 bridgehead atoms. The van der Waals surface area contributed by atoms with Gasteiger partial charge in [0.2, 0.25) is 10.0 Å². The molecule has 8 heteroatoms. The minimum atomic E-state index is -4.45. The summed E-state index contributed by atoms with van der Waals surface area (Å²) in [5.41, 5.74) is 2.50. The molecule has 35 heavy (non-hydrogen) atoms.